The van der Waals surface area contributed by atoms with Crippen molar-refractivity contribution in [3.63, 3.8) is 0 Å². The molecule has 1 unspecified atom stereocenters. The van der Waals surface area contributed by atoms with Crippen molar-refractivity contribution < 1.29 is 32.2 Å². The number of sulfonamides is 1. The zero-order valence-electron chi connectivity index (χ0n) is 23.4. The second-order valence-electron chi connectivity index (χ2n) is 10.8. The normalized spacial score (nSPS) is 23.1. The molecule has 2 aliphatic heterocycles. The van der Waals surface area contributed by atoms with E-state index < -0.39 is 39.7 Å². The number of carboxylic acids is 1. The van der Waals surface area contributed by atoms with Gasteiger partial charge in [-0.3, -0.25) is 14.5 Å². The number of hydrogen-bond acceptors (Lipinski definition) is 10. The van der Waals surface area contributed by atoms with E-state index in [-0.39, 0.29) is 40.5 Å². The first kappa shape index (κ1) is 30.4. The van der Waals surface area contributed by atoms with Gasteiger partial charge in [-0.2, -0.15) is 9.40 Å². The predicted molar refractivity (Wildman–Crippen MR) is 158 cm³/mol. The van der Waals surface area contributed by atoms with Gasteiger partial charge in [0.05, 0.1) is 30.8 Å². The van der Waals surface area contributed by atoms with Crippen molar-refractivity contribution in [2.75, 3.05) is 20.2 Å². The maximum Gasteiger partial charge on any atom is 0.338 e. The minimum atomic E-state index is -3.87. The molecule has 44 heavy (non-hydrogen) atoms. The molecule has 232 valence electrons. The number of nitrogens with zero attached hydrogens (tertiary/aromatic N) is 5. The number of ether oxygens (including phenoxy) is 1. The van der Waals surface area contributed by atoms with Crippen LogP contribution in [0.5, 0.6) is 0 Å². The van der Waals surface area contributed by atoms with Gasteiger partial charge in [0.15, 0.2) is 10.8 Å². The Labute approximate surface area is 261 Å². The van der Waals surface area contributed by atoms with E-state index in [0.717, 1.165) is 6.07 Å². The van der Waals surface area contributed by atoms with E-state index in [1.807, 2.05) is 0 Å². The predicted octanol–water partition coefficient (Wildman–Crippen LogP) is 3.79. The largest absolute Gasteiger partial charge is 0.481 e. The number of aliphatic imine (C=N–C) groups is 1. The van der Waals surface area contributed by atoms with Crippen molar-refractivity contribution in [2.45, 2.75) is 42.7 Å². The number of piperidine rings is 1. The molecule has 6 rings (SSSR count). The van der Waals surface area contributed by atoms with Crippen LogP contribution in [0.2, 0.25) is 5.02 Å². The van der Waals surface area contributed by atoms with E-state index in [4.69, 9.17) is 26.4 Å². The molecule has 0 amide bonds. The molecule has 2 N–H and O–H groups in total. The molecule has 16 heteroatoms. The number of carboxylic acid groups (broad SMARTS) is 1. The number of methoxy groups -OCH3 is 1. The van der Waals surface area contributed by atoms with Crippen LogP contribution < -0.4 is 5.32 Å². The monoisotopic (exact) mass is 662 g/mol. The number of aliphatic carboxylic acids is 1. The number of amidine groups is 1. The van der Waals surface area contributed by atoms with Gasteiger partial charge in [-0.25, -0.2) is 22.6 Å². The summed E-state index contributed by atoms with van der Waals surface area (Å²) in [6.07, 6.45) is 5.96. The number of carbonyl (C=O) groups excluding carboxylic acids is 1. The number of thiazole rings is 1. The molecule has 2 fully saturated rings. The van der Waals surface area contributed by atoms with Crippen molar-refractivity contribution >= 4 is 50.7 Å². The minimum absolute atomic E-state index is 0.0455. The van der Waals surface area contributed by atoms with Crippen LogP contribution in [0.1, 0.15) is 48.3 Å². The fourth-order valence-corrected chi connectivity index (χ4v) is 8.08. The highest BCUT2D eigenvalue weighted by Crippen LogP contribution is 2.41. The molecule has 12 nitrogen and oxygen atoms in total. The van der Waals surface area contributed by atoms with Gasteiger partial charge >= 0.3 is 11.9 Å². The summed E-state index contributed by atoms with van der Waals surface area (Å²) in [5.41, 5.74) is 1.16. The van der Waals surface area contributed by atoms with E-state index in [9.17, 15) is 22.4 Å². The minimum Gasteiger partial charge on any atom is -0.481 e. The molecule has 3 aromatic rings. The first-order chi connectivity index (χ1) is 21.1. The van der Waals surface area contributed by atoms with E-state index in [0.29, 0.717) is 47.8 Å². The van der Waals surface area contributed by atoms with Crippen molar-refractivity contribution in [1.29, 1.82) is 0 Å². The summed E-state index contributed by atoms with van der Waals surface area (Å²) >= 11 is 7.79. The van der Waals surface area contributed by atoms with Crippen LogP contribution >= 0.6 is 22.9 Å². The lowest BCUT2D eigenvalue weighted by molar-refractivity contribution is -0.146. The van der Waals surface area contributed by atoms with Crippen molar-refractivity contribution in [3.05, 3.63) is 74.9 Å². The molecule has 1 aliphatic carbocycles. The zero-order valence-corrected chi connectivity index (χ0v) is 25.8. The smallest absolute Gasteiger partial charge is 0.338 e. The molecule has 1 saturated carbocycles. The number of esters is 1. The lowest BCUT2D eigenvalue weighted by Crippen LogP contribution is -2.43. The van der Waals surface area contributed by atoms with Gasteiger partial charge in [0.25, 0.3) is 0 Å². The van der Waals surface area contributed by atoms with Crippen LogP contribution in [0.15, 0.2) is 63.3 Å². The summed E-state index contributed by atoms with van der Waals surface area (Å²) in [6.45, 7) is 0.349. The fourth-order valence-electron chi connectivity index (χ4n) is 5.81. The van der Waals surface area contributed by atoms with Crippen LogP contribution in [0.25, 0.3) is 0 Å². The second-order valence-corrected chi connectivity index (χ2v) is 14.1. The fraction of sp³-hybridized carbons (Fsp3) is 0.393. The number of allylic oxidation sites excluding steroid dienone is 1. The molecule has 0 bridgehead atoms. The number of halogens is 2. The highest BCUT2D eigenvalue weighted by Gasteiger charge is 2.40. The molecule has 0 radical (unpaired) electrons. The van der Waals surface area contributed by atoms with Crippen LogP contribution in [0.3, 0.4) is 0 Å². The van der Waals surface area contributed by atoms with Gasteiger partial charge in [0.2, 0.25) is 10.0 Å². The first-order valence-corrected chi connectivity index (χ1v) is 16.6. The molecule has 1 aromatic carbocycles. The molecule has 2 aromatic heterocycles. The van der Waals surface area contributed by atoms with Crippen LogP contribution in [0.4, 0.5) is 4.39 Å². The Morgan fingerprint density at radius 2 is 1.98 bits per heavy atom. The lowest BCUT2D eigenvalue weighted by atomic mass is 9.80. The summed E-state index contributed by atoms with van der Waals surface area (Å²) in [7, 11) is -2.61. The number of aromatic nitrogens is 3. The van der Waals surface area contributed by atoms with E-state index in [1.165, 1.54) is 52.0 Å². The SMILES string of the molecule is COC(=O)C1=C(C2CCN(S(=O)(=O)c3cnn([C@H]4C[C@H](C(=O)O)C4)c3)CC2)NC(c2nccs2)=NC1c1ccc(F)cc1Cl. The van der Waals surface area contributed by atoms with Crippen molar-refractivity contribution in [2.24, 2.45) is 16.8 Å². The topological polar surface area (TPSA) is 156 Å². The zero-order chi connectivity index (χ0) is 31.2. The number of hydrogen-bond donors (Lipinski definition) is 2. The van der Waals surface area contributed by atoms with Gasteiger partial charge in [0.1, 0.15) is 16.8 Å². The maximum atomic E-state index is 13.9. The standard InChI is InChI=1S/C28H28ClFN6O6S2/c1-42-28(39)22-23(33-25(26-31-6-9-43-26)34-24(22)20-3-2-17(30)12-21(20)29)15-4-7-35(8-5-15)44(40,41)19-13-32-36(14-19)18-10-16(11-18)27(37)38/h2-3,6,9,12-16,18,24H,4-5,7-8,10-11H2,1H3,(H,33,34)(H,37,38)/t16-,18-,24?. The van der Waals surface area contributed by atoms with Gasteiger partial charge in [-0.15, -0.1) is 11.3 Å². The van der Waals surface area contributed by atoms with Gasteiger partial charge in [-0.1, -0.05) is 17.7 Å². The summed E-state index contributed by atoms with van der Waals surface area (Å²) in [4.78, 5) is 33.6. The molecular weight excluding hydrogens is 635 g/mol. The molecule has 1 atom stereocenters. The number of rotatable bonds is 8. The van der Waals surface area contributed by atoms with Gasteiger partial charge in [0, 0.05) is 53.1 Å². The highest BCUT2D eigenvalue weighted by molar-refractivity contribution is 7.89. The third-order valence-electron chi connectivity index (χ3n) is 8.29. The summed E-state index contributed by atoms with van der Waals surface area (Å²) in [6, 6.07) is 2.83. The summed E-state index contributed by atoms with van der Waals surface area (Å²) in [5, 5.41) is 19.1. The van der Waals surface area contributed by atoms with Crippen LogP contribution in [-0.4, -0.2) is 70.6 Å². The molecular formula is C28H28ClFN6O6S2. The second kappa shape index (κ2) is 12.0. The summed E-state index contributed by atoms with van der Waals surface area (Å²) in [5.74, 6) is -2.33. The average molecular weight is 663 g/mol. The molecule has 3 aliphatic rings. The number of carbonyl (C=O) groups is 2. The Kier molecular flexibility index (Phi) is 8.30. The average Bonchev–Trinajstić information content (AvgIpc) is 3.69. The Balaban J connectivity index is 1.26. The van der Waals surface area contributed by atoms with E-state index in [2.05, 4.69) is 15.4 Å². The highest BCUT2D eigenvalue weighted by atomic mass is 35.5. The number of benzene rings is 1. The summed E-state index contributed by atoms with van der Waals surface area (Å²) < 4.78 is 49.0. The Bertz CT molecular complexity index is 1760. The number of nitrogens with one attached hydrogen (secondary N) is 1. The molecule has 1 saturated heterocycles. The van der Waals surface area contributed by atoms with E-state index in [1.54, 1.807) is 11.6 Å². The Morgan fingerprint density at radius 3 is 2.61 bits per heavy atom. The quantitative estimate of drug-likeness (QED) is 0.343. The third kappa shape index (κ3) is 5.64. The Morgan fingerprint density at radius 1 is 1.23 bits per heavy atom. The van der Waals surface area contributed by atoms with Crippen LogP contribution in [-0.2, 0) is 24.3 Å². The third-order valence-corrected chi connectivity index (χ3v) is 11.2. The maximum absolute atomic E-state index is 13.9. The van der Waals surface area contributed by atoms with Crippen molar-refractivity contribution in [1.82, 2.24) is 24.4 Å². The molecule has 0 spiro atoms. The van der Waals surface area contributed by atoms with Crippen molar-refractivity contribution in [3.8, 4) is 0 Å². The van der Waals surface area contributed by atoms with E-state index >= 15 is 0 Å². The Hall–Kier alpha value is -3.66. The van der Waals surface area contributed by atoms with Crippen LogP contribution in [0, 0.1) is 17.7 Å². The lowest BCUT2D eigenvalue weighted by Gasteiger charge is -2.36. The van der Waals surface area contributed by atoms with Gasteiger partial charge < -0.3 is 15.2 Å². The molecule has 4 heterocycles. The first-order valence-electron chi connectivity index (χ1n) is 13.9. The van der Waals surface area contributed by atoms with Gasteiger partial charge in [-0.05, 0) is 37.8 Å².